The first kappa shape index (κ1) is 14.7. The van der Waals surface area contributed by atoms with Gasteiger partial charge in [0.25, 0.3) is 0 Å². The molecule has 0 fully saturated rings. The number of halogens is 4. The Labute approximate surface area is 101 Å². The monoisotopic (exact) mass is 267 g/mol. The number of ether oxygens (including phenoxy) is 1. The van der Waals surface area contributed by atoms with Crippen molar-refractivity contribution in [2.45, 2.75) is 24.7 Å². The Morgan fingerprint density at radius 2 is 2.00 bits per heavy atom. The number of nitrogens with two attached hydrogens (primary N) is 1. The fourth-order valence-corrected chi connectivity index (χ4v) is 1.41. The lowest BCUT2D eigenvalue weighted by Gasteiger charge is -2.19. The highest BCUT2D eigenvalue weighted by Gasteiger charge is 2.38. The van der Waals surface area contributed by atoms with E-state index in [4.69, 9.17) is 10.5 Å². The van der Waals surface area contributed by atoms with Gasteiger partial charge in [0.15, 0.2) is 0 Å². The first-order valence-electron chi connectivity index (χ1n) is 5.09. The second-order valence-corrected chi connectivity index (χ2v) is 3.79. The van der Waals surface area contributed by atoms with Gasteiger partial charge in [-0.3, -0.25) is 0 Å². The number of benzene rings is 1. The van der Waals surface area contributed by atoms with Crippen molar-refractivity contribution >= 4 is 0 Å². The molecule has 2 atom stereocenters. The van der Waals surface area contributed by atoms with Crippen molar-refractivity contribution in [1.82, 2.24) is 0 Å². The molecule has 0 aromatic heterocycles. The number of hydrogen-bond acceptors (Lipinski definition) is 3. The van der Waals surface area contributed by atoms with Crippen molar-refractivity contribution in [2.24, 2.45) is 5.73 Å². The van der Waals surface area contributed by atoms with Crippen molar-refractivity contribution in [1.29, 1.82) is 0 Å². The minimum absolute atomic E-state index is 0.242. The van der Waals surface area contributed by atoms with Gasteiger partial charge in [-0.25, -0.2) is 4.39 Å². The van der Waals surface area contributed by atoms with E-state index in [0.717, 1.165) is 12.1 Å². The largest absolute Gasteiger partial charge is 0.497 e. The first-order valence-corrected chi connectivity index (χ1v) is 5.09. The van der Waals surface area contributed by atoms with E-state index in [0.29, 0.717) is 0 Å². The summed E-state index contributed by atoms with van der Waals surface area (Å²) in [4.78, 5) is 0. The fraction of sp³-hybridized carbons (Fsp3) is 0.455. The van der Waals surface area contributed by atoms with Crippen LogP contribution in [0.15, 0.2) is 18.2 Å². The van der Waals surface area contributed by atoms with E-state index in [9.17, 15) is 22.7 Å². The van der Waals surface area contributed by atoms with Gasteiger partial charge in [-0.15, -0.1) is 0 Å². The normalized spacial score (nSPS) is 15.3. The van der Waals surface area contributed by atoms with Gasteiger partial charge >= 0.3 is 6.18 Å². The second-order valence-electron chi connectivity index (χ2n) is 3.79. The van der Waals surface area contributed by atoms with E-state index in [-0.39, 0.29) is 11.3 Å². The lowest BCUT2D eigenvalue weighted by Crippen LogP contribution is -2.38. The van der Waals surface area contributed by atoms with Crippen LogP contribution in [-0.2, 0) is 0 Å². The van der Waals surface area contributed by atoms with Gasteiger partial charge in [-0.1, -0.05) is 0 Å². The molecule has 0 aliphatic carbocycles. The number of aliphatic hydroxyl groups excluding tert-OH is 1. The lowest BCUT2D eigenvalue weighted by atomic mass is 10.0. The van der Waals surface area contributed by atoms with Crippen LogP contribution in [0.5, 0.6) is 5.75 Å². The minimum Gasteiger partial charge on any atom is -0.497 e. The molecule has 0 unspecified atom stereocenters. The molecule has 18 heavy (non-hydrogen) atoms. The molecule has 0 amide bonds. The summed E-state index contributed by atoms with van der Waals surface area (Å²) in [5.74, 6) is -0.566. The molecule has 1 rings (SSSR count). The average molecular weight is 267 g/mol. The molecule has 0 saturated heterocycles. The molecule has 3 N–H and O–H groups in total. The SMILES string of the molecule is COc1ccc(F)c([C@H](O)C[C@H](N)C(F)(F)F)c1. The number of rotatable bonds is 4. The molecule has 3 nitrogen and oxygen atoms in total. The summed E-state index contributed by atoms with van der Waals surface area (Å²) in [6, 6.07) is 1.24. The number of alkyl halides is 3. The number of aliphatic hydroxyl groups is 1. The smallest absolute Gasteiger partial charge is 0.403 e. The zero-order chi connectivity index (χ0) is 13.9. The lowest BCUT2D eigenvalue weighted by molar-refractivity contribution is -0.154. The summed E-state index contributed by atoms with van der Waals surface area (Å²) in [7, 11) is 1.32. The van der Waals surface area contributed by atoms with Crippen LogP contribution in [0.3, 0.4) is 0 Å². The second kappa shape index (κ2) is 5.53. The van der Waals surface area contributed by atoms with Crippen LogP contribution in [0.4, 0.5) is 17.6 Å². The molecule has 0 spiro atoms. The molecule has 0 bridgehead atoms. The maximum Gasteiger partial charge on any atom is 0.403 e. The highest BCUT2D eigenvalue weighted by molar-refractivity contribution is 5.31. The van der Waals surface area contributed by atoms with Gasteiger partial charge in [0.05, 0.1) is 13.2 Å². The molecule has 102 valence electrons. The molecule has 0 saturated carbocycles. The van der Waals surface area contributed by atoms with Gasteiger partial charge in [0, 0.05) is 12.0 Å². The van der Waals surface area contributed by atoms with E-state index in [1.807, 2.05) is 0 Å². The molecule has 1 aromatic rings. The maximum absolute atomic E-state index is 13.4. The van der Waals surface area contributed by atoms with Crippen LogP contribution >= 0.6 is 0 Å². The number of hydrogen-bond donors (Lipinski definition) is 2. The van der Waals surface area contributed by atoms with Crippen molar-refractivity contribution in [3.63, 3.8) is 0 Å². The summed E-state index contributed by atoms with van der Waals surface area (Å²) in [5.41, 5.74) is 4.60. The summed E-state index contributed by atoms with van der Waals surface area (Å²) in [5, 5.41) is 9.58. The Morgan fingerprint density at radius 1 is 1.39 bits per heavy atom. The molecule has 0 heterocycles. The Balaban J connectivity index is 2.87. The average Bonchev–Trinajstić information content (AvgIpc) is 2.28. The van der Waals surface area contributed by atoms with Crippen molar-refractivity contribution in [3.8, 4) is 5.75 Å². The van der Waals surface area contributed by atoms with Crippen LogP contribution in [-0.4, -0.2) is 24.4 Å². The van der Waals surface area contributed by atoms with E-state index in [2.05, 4.69) is 0 Å². The van der Waals surface area contributed by atoms with Gasteiger partial charge in [-0.05, 0) is 18.2 Å². The fourth-order valence-electron chi connectivity index (χ4n) is 1.41. The third kappa shape index (κ3) is 3.58. The predicted octanol–water partition coefficient (Wildman–Crippen LogP) is 2.15. The van der Waals surface area contributed by atoms with E-state index < -0.39 is 30.6 Å². The minimum atomic E-state index is -4.63. The van der Waals surface area contributed by atoms with Gasteiger partial charge in [0.2, 0.25) is 0 Å². The highest BCUT2D eigenvalue weighted by atomic mass is 19.4. The molecule has 0 radical (unpaired) electrons. The predicted molar refractivity (Wildman–Crippen MR) is 56.6 cm³/mol. The van der Waals surface area contributed by atoms with Crippen molar-refractivity contribution < 1.29 is 27.4 Å². The topological polar surface area (TPSA) is 55.5 Å². The molecule has 1 aromatic carbocycles. The molecular formula is C11H13F4NO2. The van der Waals surface area contributed by atoms with Crippen LogP contribution in [0.25, 0.3) is 0 Å². The zero-order valence-electron chi connectivity index (χ0n) is 9.54. The van der Waals surface area contributed by atoms with Crippen LogP contribution in [0.2, 0.25) is 0 Å². The standard InChI is InChI=1S/C11H13F4NO2/c1-18-6-2-3-8(12)7(4-6)9(17)5-10(16)11(13,14)15/h2-4,9-10,17H,5,16H2,1H3/t9-,10+/m1/s1. The van der Waals surface area contributed by atoms with Crippen LogP contribution in [0, 0.1) is 5.82 Å². The van der Waals surface area contributed by atoms with E-state index in [1.165, 1.54) is 13.2 Å². The highest BCUT2D eigenvalue weighted by Crippen LogP contribution is 2.29. The first-order chi connectivity index (χ1) is 8.25. The number of methoxy groups -OCH3 is 1. The quantitative estimate of drug-likeness (QED) is 0.822. The summed E-state index contributed by atoms with van der Waals surface area (Å²) < 4.78 is 54.8. The summed E-state index contributed by atoms with van der Waals surface area (Å²) in [6.07, 6.45) is -7.08. The Hall–Kier alpha value is -1.34. The molecule has 7 heteroatoms. The molecule has 0 aliphatic rings. The summed E-state index contributed by atoms with van der Waals surface area (Å²) in [6.45, 7) is 0. The Kier molecular flexibility index (Phi) is 4.53. The van der Waals surface area contributed by atoms with Crippen molar-refractivity contribution in [3.05, 3.63) is 29.6 Å². The maximum atomic E-state index is 13.4. The van der Waals surface area contributed by atoms with E-state index in [1.54, 1.807) is 0 Å². The van der Waals surface area contributed by atoms with Gasteiger partial charge in [0.1, 0.15) is 17.6 Å². The molecular weight excluding hydrogens is 254 g/mol. The summed E-state index contributed by atoms with van der Waals surface area (Å²) >= 11 is 0. The van der Waals surface area contributed by atoms with Gasteiger partial charge < -0.3 is 15.6 Å². The van der Waals surface area contributed by atoms with Gasteiger partial charge in [-0.2, -0.15) is 13.2 Å². The van der Waals surface area contributed by atoms with Crippen LogP contribution in [0.1, 0.15) is 18.1 Å². The van der Waals surface area contributed by atoms with E-state index >= 15 is 0 Å². The zero-order valence-corrected chi connectivity index (χ0v) is 9.54. The van der Waals surface area contributed by atoms with Crippen LogP contribution < -0.4 is 10.5 Å². The Bertz CT molecular complexity index is 409. The third-order valence-corrected chi connectivity index (χ3v) is 2.46. The molecule has 0 aliphatic heterocycles. The van der Waals surface area contributed by atoms with Crippen molar-refractivity contribution in [2.75, 3.05) is 7.11 Å². The Morgan fingerprint density at radius 3 is 2.50 bits per heavy atom. The third-order valence-electron chi connectivity index (χ3n) is 2.46.